The fraction of sp³-hybridized carbons (Fsp3) is 0.300. The number of anilines is 2. The number of benzene rings is 1. The molecule has 8 nitrogen and oxygen atoms in total. The van der Waals surface area contributed by atoms with Gasteiger partial charge in [-0.3, -0.25) is 0 Å². The maximum atomic E-state index is 12.4. The molecule has 9 heteroatoms. The molecule has 29 heavy (non-hydrogen) atoms. The zero-order valence-corrected chi connectivity index (χ0v) is 16.8. The van der Waals surface area contributed by atoms with Crippen molar-refractivity contribution in [3.05, 3.63) is 53.5 Å². The van der Waals surface area contributed by atoms with Crippen LogP contribution >= 0.6 is 11.6 Å². The van der Waals surface area contributed by atoms with E-state index < -0.39 is 0 Å². The summed E-state index contributed by atoms with van der Waals surface area (Å²) < 4.78 is 5.15. The Hall–Kier alpha value is -3.13. The number of amides is 2. The number of carbonyl (C=O) groups excluding carboxylic acids is 1. The molecule has 0 bridgehead atoms. The first-order valence-corrected chi connectivity index (χ1v) is 9.85. The number of aromatic nitrogens is 3. The number of piperazine rings is 1. The lowest BCUT2D eigenvalue weighted by Crippen LogP contribution is -2.50. The number of pyridine rings is 1. The summed E-state index contributed by atoms with van der Waals surface area (Å²) in [6.45, 7) is 4.63. The minimum atomic E-state index is -0.112. The molecule has 1 aliphatic rings. The van der Waals surface area contributed by atoms with Gasteiger partial charge in [0.15, 0.2) is 0 Å². The van der Waals surface area contributed by atoms with Crippen LogP contribution in [0.2, 0.25) is 5.02 Å². The zero-order valence-electron chi connectivity index (χ0n) is 16.0. The molecule has 0 aliphatic carbocycles. The van der Waals surface area contributed by atoms with Crippen LogP contribution in [0, 0.1) is 0 Å². The molecular weight excluding hydrogens is 392 g/mol. The molecule has 3 heterocycles. The Kier molecular flexibility index (Phi) is 5.62. The van der Waals surface area contributed by atoms with Crippen molar-refractivity contribution in [2.24, 2.45) is 0 Å². The molecule has 0 atom stereocenters. The first-order chi connectivity index (χ1) is 14.1. The van der Waals surface area contributed by atoms with Gasteiger partial charge in [0, 0.05) is 55.1 Å². The van der Waals surface area contributed by atoms with E-state index >= 15 is 0 Å². The van der Waals surface area contributed by atoms with Crippen LogP contribution in [-0.4, -0.2) is 52.2 Å². The van der Waals surface area contributed by atoms with Crippen LogP contribution in [0.25, 0.3) is 11.4 Å². The SMILES string of the molecule is CCc1nc(-c2ccc(N3CCN(C(=O)Nc4ccc(Cl)cc4)CC3)nc2)no1. The summed E-state index contributed by atoms with van der Waals surface area (Å²) in [5.41, 5.74) is 1.55. The predicted octanol–water partition coefficient (Wildman–Crippen LogP) is 3.70. The lowest BCUT2D eigenvalue weighted by Gasteiger charge is -2.35. The number of aryl methyl sites for hydroxylation is 1. The van der Waals surface area contributed by atoms with E-state index in [9.17, 15) is 4.79 Å². The third kappa shape index (κ3) is 4.48. The minimum Gasteiger partial charge on any atom is -0.353 e. The van der Waals surface area contributed by atoms with Gasteiger partial charge in [-0.25, -0.2) is 9.78 Å². The van der Waals surface area contributed by atoms with Gasteiger partial charge in [0.25, 0.3) is 0 Å². The van der Waals surface area contributed by atoms with Crippen molar-refractivity contribution in [2.75, 3.05) is 36.4 Å². The lowest BCUT2D eigenvalue weighted by molar-refractivity contribution is 0.208. The van der Waals surface area contributed by atoms with Crippen molar-refractivity contribution >= 4 is 29.1 Å². The fourth-order valence-corrected chi connectivity index (χ4v) is 3.22. The van der Waals surface area contributed by atoms with Crippen LogP contribution in [0.1, 0.15) is 12.8 Å². The zero-order chi connectivity index (χ0) is 20.2. The highest BCUT2D eigenvalue weighted by Crippen LogP contribution is 2.20. The van der Waals surface area contributed by atoms with Crippen LogP contribution in [0.3, 0.4) is 0 Å². The molecule has 0 radical (unpaired) electrons. The van der Waals surface area contributed by atoms with Crippen LogP contribution in [0.15, 0.2) is 47.1 Å². The summed E-state index contributed by atoms with van der Waals surface area (Å²) in [7, 11) is 0. The standard InChI is InChI=1S/C20H21ClN6O2/c1-2-18-24-19(25-29-18)14-3-8-17(22-13-14)26-9-11-27(12-10-26)20(28)23-16-6-4-15(21)5-7-16/h3-8,13H,2,9-12H2,1H3,(H,23,28). The van der Waals surface area contributed by atoms with Gasteiger partial charge < -0.3 is 19.6 Å². The third-order valence-electron chi connectivity index (χ3n) is 4.76. The van der Waals surface area contributed by atoms with E-state index in [4.69, 9.17) is 16.1 Å². The van der Waals surface area contributed by atoms with Gasteiger partial charge in [-0.1, -0.05) is 23.7 Å². The van der Waals surface area contributed by atoms with E-state index in [0.717, 1.165) is 17.1 Å². The number of urea groups is 1. The van der Waals surface area contributed by atoms with Gasteiger partial charge in [0.1, 0.15) is 5.82 Å². The Morgan fingerprint density at radius 1 is 1.14 bits per heavy atom. The van der Waals surface area contributed by atoms with Crippen LogP contribution in [0.5, 0.6) is 0 Å². The molecule has 3 aromatic rings. The molecule has 0 unspecified atom stereocenters. The van der Waals surface area contributed by atoms with Gasteiger partial charge in [-0.05, 0) is 36.4 Å². The normalized spacial score (nSPS) is 14.1. The van der Waals surface area contributed by atoms with E-state index in [0.29, 0.717) is 49.3 Å². The first kappa shape index (κ1) is 19.2. The Balaban J connectivity index is 1.33. The van der Waals surface area contributed by atoms with Gasteiger partial charge in [0.2, 0.25) is 11.7 Å². The lowest BCUT2D eigenvalue weighted by atomic mass is 10.2. The van der Waals surface area contributed by atoms with Crippen molar-refractivity contribution in [2.45, 2.75) is 13.3 Å². The molecule has 2 amide bonds. The smallest absolute Gasteiger partial charge is 0.321 e. The summed E-state index contributed by atoms with van der Waals surface area (Å²) in [5.74, 6) is 2.02. The van der Waals surface area contributed by atoms with Crippen LogP contribution in [0.4, 0.5) is 16.3 Å². The summed E-state index contributed by atoms with van der Waals surface area (Å²) in [6.07, 6.45) is 2.45. The number of rotatable bonds is 4. The second kappa shape index (κ2) is 8.48. The largest absolute Gasteiger partial charge is 0.353 e. The summed E-state index contributed by atoms with van der Waals surface area (Å²) in [5, 5.41) is 7.51. The predicted molar refractivity (Wildman–Crippen MR) is 111 cm³/mol. The number of hydrogen-bond donors (Lipinski definition) is 1. The molecule has 1 fully saturated rings. The highest BCUT2D eigenvalue weighted by molar-refractivity contribution is 6.30. The second-order valence-corrected chi connectivity index (χ2v) is 7.12. The highest BCUT2D eigenvalue weighted by atomic mass is 35.5. The summed E-state index contributed by atoms with van der Waals surface area (Å²) in [4.78, 5) is 25.3. The first-order valence-electron chi connectivity index (χ1n) is 9.48. The van der Waals surface area contributed by atoms with Crippen molar-refractivity contribution < 1.29 is 9.32 Å². The Bertz CT molecular complexity index is 965. The van der Waals surface area contributed by atoms with Crippen molar-refractivity contribution in [3.63, 3.8) is 0 Å². The quantitative estimate of drug-likeness (QED) is 0.703. The third-order valence-corrected chi connectivity index (χ3v) is 5.01. The molecule has 2 aromatic heterocycles. The number of hydrogen-bond acceptors (Lipinski definition) is 6. The number of nitrogens with one attached hydrogen (secondary N) is 1. The number of carbonyl (C=O) groups is 1. The Morgan fingerprint density at radius 2 is 1.90 bits per heavy atom. The van der Waals surface area contributed by atoms with E-state index in [1.54, 1.807) is 35.4 Å². The molecule has 0 spiro atoms. The fourth-order valence-electron chi connectivity index (χ4n) is 3.10. The van der Waals surface area contributed by atoms with Crippen LogP contribution in [-0.2, 0) is 6.42 Å². The van der Waals surface area contributed by atoms with E-state index in [-0.39, 0.29) is 6.03 Å². The van der Waals surface area contributed by atoms with Crippen molar-refractivity contribution in [1.29, 1.82) is 0 Å². The second-order valence-electron chi connectivity index (χ2n) is 6.68. The van der Waals surface area contributed by atoms with Gasteiger partial charge in [-0.2, -0.15) is 4.98 Å². The highest BCUT2D eigenvalue weighted by Gasteiger charge is 2.22. The summed E-state index contributed by atoms with van der Waals surface area (Å²) >= 11 is 5.88. The van der Waals surface area contributed by atoms with E-state index in [1.165, 1.54) is 0 Å². The number of nitrogens with zero attached hydrogens (tertiary/aromatic N) is 5. The molecule has 4 rings (SSSR count). The topological polar surface area (TPSA) is 87.4 Å². The molecular formula is C20H21ClN6O2. The van der Waals surface area contributed by atoms with Gasteiger partial charge in [-0.15, -0.1) is 0 Å². The number of halogens is 1. The average molecular weight is 413 g/mol. The van der Waals surface area contributed by atoms with E-state index in [1.807, 2.05) is 19.1 Å². The molecule has 0 saturated carbocycles. The molecule has 1 aromatic carbocycles. The van der Waals surface area contributed by atoms with Gasteiger partial charge in [0.05, 0.1) is 0 Å². The molecule has 1 aliphatic heterocycles. The summed E-state index contributed by atoms with van der Waals surface area (Å²) in [6, 6.07) is 10.8. The molecule has 1 saturated heterocycles. The molecule has 1 N–H and O–H groups in total. The maximum absolute atomic E-state index is 12.4. The van der Waals surface area contributed by atoms with Crippen molar-refractivity contribution in [1.82, 2.24) is 20.0 Å². The van der Waals surface area contributed by atoms with E-state index in [2.05, 4.69) is 25.3 Å². The monoisotopic (exact) mass is 412 g/mol. The average Bonchev–Trinajstić information content (AvgIpc) is 3.25. The van der Waals surface area contributed by atoms with Crippen LogP contribution < -0.4 is 10.2 Å². The van der Waals surface area contributed by atoms with Gasteiger partial charge >= 0.3 is 6.03 Å². The van der Waals surface area contributed by atoms with Crippen molar-refractivity contribution in [3.8, 4) is 11.4 Å². The Morgan fingerprint density at radius 3 is 2.52 bits per heavy atom. The minimum absolute atomic E-state index is 0.112. The maximum Gasteiger partial charge on any atom is 0.321 e. The Labute approximate surface area is 173 Å². The molecule has 150 valence electrons.